The second-order valence-electron chi connectivity index (χ2n) is 11.2. The van der Waals surface area contributed by atoms with Gasteiger partial charge in [-0.3, -0.25) is 0 Å². The molecule has 0 bridgehead atoms. The lowest BCUT2D eigenvalue weighted by Crippen LogP contribution is -2.52. The van der Waals surface area contributed by atoms with Crippen molar-refractivity contribution in [2.75, 3.05) is 14.2 Å². The smallest absolute Gasteiger partial charge is 0.171 e. The number of nitrogens with zero attached hydrogens (tertiary/aromatic N) is 4. The van der Waals surface area contributed by atoms with Crippen molar-refractivity contribution < 1.29 is 14.6 Å². The van der Waals surface area contributed by atoms with Gasteiger partial charge in [-0.1, -0.05) is 6.92 Å². The van der Waals surface area contributed by atoms with E-state index in [9.17, 15) is 5.11 Å². The molecular formula is C24H40N4O3. The monoisotopic (exact) mass is 432 g/mol. The molecule has 0 amide bonds. The molecule has 5 rings (SSSR count). The highest BCUT2D eigenvalue weighted by Crippen LogP contribution is 2.65. The predicted octanol–water partition coefficient (Wildman–Crippen LogP) is 3.60. The molecule has 1 heterocycles. The minimum atomic E-state index is -0.393. The summed E-state index contributed by atoms with van der Waals surface area (Å²) in [6, 6.07) is 0. The topological polar surface area (TPSA) is 82.3 Å². The van der Waals surface area contributed by atoms with E-state index >= 15 is 0 Å². The molecule has 4 aliphatic rings. The third-order valence-corrected chi connectivity index (χ3v) is 10.1. The van der Waals surface area contributed by atoms with Crippen molar-refractivity contribution in [3.05, 3.63) is 5.82 Å². The largest absolute Gasteiger partial charge is 0.391 e. The van der Waals surface area contributed by atoms with Crippen molar-refractivity contribution in [2.24, 2.45) is 40.9 Å². The van der Waals surface area contributed by atoms with Crippen molar-refractivity contribution >= 4 is 0 Å². The van der Waals surface area contributed by atoms with Gasteiger partial charge in [-0.15, -0.1) is 10.2 Å². The lowest BCUT2D eigenvalue weighted by Gasteiger charge is -2.57. The summed E-state index contributed by atoms with van der Waals surface area (Å²) in [5, 5.41) is 23.5. The van der Waals surface area contributed by atoms with Crippen LogP contribution in [-0.2, 0) is 16.0 Å². The van der Waals surface area contributed by atoms with Crippen LogP contribution in [0.2, 0.25) is 0 Å². The molecular weight excluding hydrogens is 392 g/mol. The molecule has 7 heteroatoms. The highest BCUT2D eigenvalue weighted by molar-refractivity contribution is 5.07. The van der Waals surface area contributed by atoms with Gasteiger partial charge in [0.15, 0.2) is 11.6 Å². The Morgan fingerprint density at radius 1 is 1.03 bits per heavy atom. The van der Waals surface area contributed by atoms with Crippen LogP contribution in [0.25, 0.3) is 0 Å². The molecule has 7 nitrogen and oxygen atoms in total. The third kappa shape index (κ3) is 3.55. The fourth-order valence-electron chi connectivity index (χ4n) is 8.65. The first-order valence-electron chi connectivity index (χ1n) is 12.4. The van der Waals surface area contributed by atoms with Crippen molar-refractivity contribution in [2.45, 2.75) is 90.1 Å². The first kappa shape index (κ1) is 21.8. The molecule has 4 fully saturated rings. The van der Waals surface area contributed by atoms with Gasteiger partial charge < -0.3 is 14.6 Å². The van der Waals surface area contributed by atoms with Crippen LogP contribution < -0.4 is 0 Å². The Hall–Kier alpha value is -1.05. The summed E-state index contributed by atoms with van der Waals surface area (Å²) >= 11 is 0. The molecule has 4 saturated carbocycles. The maximum Gasteiger partial charge on any atom is 0.171 e. The Bertz CT molecular complexity index is 781. The summed E-state index contributed by atoms with van der Waals surface area (Å²) < 4.78 is 11.6. The summed E-state index contributed by atoms with van der Waals surface area (Å²) in [7, 11) is 3.61. The molecule has 31 heavy (non-hydrogen) atoms. The van der Waals surface area contributed by atoms with Crippen LogP contribution in [0.15, 0.2) is 0 Å². The Balaban J connectivity index is 1.29. The zero-order valence-corrected chi connectivity index (χ0v) is 19.7. The van der Waals surface area contributed by atoms with E-state index in [0.29, 0.717) is 18.3 Å². The minimum absolute atomic E-state index is 0.237. The van der Waals surface area contributed by atoms with Gasteiger partial charge in [0, 0.05) is 27.1 Å². The number of aliphatic hydroxyl groups excluding tert-OH is 1. The van der Waals surface area contributed by atoms with E-state index in [1.54, 1.807) is 4.80 Å². The molecule has 0 aromatic carbocycles. The lowest BCUT2D eigenvalue weighted by molar-refractivity contribution is -0.247. The fourth-order valence-corrected chi connectivity index (χ4v) is 8.65. The van der Waals surface area contributed by atoms with Crippen LogP contribution in [0.4, 0.5) is 0 Å². The zero-order chi connectivity index (χ0) is 21.8. The number of hydrogen-bond donors (Lipinski definition) is 1. The molecule has 0 radical (unpaired) electrons. The number of aliphatic hydroxyl groups is 1. The number of rotatable bonds is 5. The van der Waals surface area contributed by atoms with E-state index in [2.05, 4.69) is 22.3 Å². The van der Waals surface area contributed by atoms with E-state index in [4.69, 9.17) is 9.47 Å². The quantitative estimate of drug-likeness (QED) is 0.716. The second-order valence-corrected chi connectivity index (χ2v) is 11.2. The predicted molar refractivity (Wildman–Crippen MR) is 116 cm³/mol. The lowest BCUT2D eigenvalue weighted by atomic mass is 9.49. The number of aryl methyl sites for hydroxylation is 1. The van der Waals surface area contributed by atoms with Crippen LogP contribution in [0.1, 0.15) is 70.5 Å². The average molecular weight is 433 g/mol. The Morgan fingerprint density at radius 3 is 2.52 bits per heavy atom. The number of fused-ring (bicyclic) bond motifs is 5. The Morgan fingerprint density at radius 2 is 1.81 bits per heavy atom. The number of hydrogen-bond acceptors (Lipinski definition) is 6. The van der Waals surface area contributed by atoms with Crippen LogP contribution in [0.5, 0.6) is 0 Å². The molecule has 1 aromatic rings. The van der Waals surface area contributed by atoms with Crippen molar-refractivity contribution in [1.82, 2.24) is 20.2 Å². The van der Waals surface area contributed by atoms with E-state index in [-0.39, 0.29) is 11.2 Å². The van der Waals surface area contributed by atoms with Gasteiger partial charge >= 0.3 is 0 Å². The van der Waals surface area contributed by atoms with Gasteiger partial charge in [0.1, 0.15) is 0 Å². The van der Waals surface area contributed by atoms with Crippen molar-refractivity contribution in [3.63, 3.8) is 0 Å². The Kier molecular flexibility index (Phi) is 5.67. The van der Waals surface area contributed by atoms with Gasteiger partial charge in [0.2, 0.25) is 0 Å². The van der Waals surface area contributed by atoms with Gasteiger partial charge in [-0.05, 0) is 98.0 Å². The molecule has 8 atom stereocenters. The van der Waals surface area contributed by atoms with Crippen LogP contribution in [0, 0.1) is 47.8 Å². The molecule has 0 aliphatic heterocycles. The van der Waals surface area contributed by atoms with E-state index in [0.717, 1.165) is 48.9 Å². The minimum Gasteiger partial charge on any atom is -0.391 e. The summed E-state index contributed by atoms with van der Waals surface area (Å²) in [5.74, 6) is 4.63. The van der Waals surface area contributed by atoms with Crippen LogP contribution >= 0.6 is 0 Å². The summed E-state index contributed by atoms with van der Waals surface area (Å²) in [5.41, 5.74) is 0.237. The first-order valence-corrected chi connectivity index (χ1v) is 12.4. The Labute approximate surface area is 186 Å². The summed E-state index contributed by atoms with van der Waals surface area (Å²) in [6.07, 6.45) is 10.5. The fraction of sp³-hybridized carbons (Fsp3) is 0.958. The van der Waals surface area contributed by atoms with E-state index < -0.39 is 6.10 Å². The van der Waals surface area contributed by atoms with Crippen LogP contribution in [-0.4, -0.2) is 51.4 Å². The van der Waals surface area contributed by atoms with Crippen LogP contribution in [0.3, 0.4) is 0 Å². The number of tetrazole rings is 1. The molecule has 0 saturated heterocycles. The normalized spacial score (nSPS) is 42.5. The maximum absolute atomic E-state index is 11.2. The first-order chi connectivity index (χ1) is 14.9. The zero-order valence-electron chi connectivity index (χ0n) is 19.7. The van der Waals surface area contributed by atoms with Gasteiger partial charge in [0.05, 0.1) is 12.6 Å². The average Bonchev–Trinajstić information content (AvgIpc) is 3.35. The molecule has 1 N–H and O–H groups in total. The number of aromatic nitrogens is 4. The highest BCUT2D eigenvalue weighted by Gasteiger charge is 2.59. The number of ether oxygens (including phenoxy) is 2. The van der Waals surface area contributed by atoms with Gasteiger partial charge in [-0.2, -0.15) is 4.80 Å². The molecule has 1 aromatic heterocycles. The maximum atomic E-state index is 11.2. The third-order valence-electron chi connectivity index (χ3n) is 10.1. The SMILES string of the molecule is COC1(OC)CC[C@H]2[C@@H](CC[C@@H]3[C@@H]2CC[C@]2(C)[C@@H](C(O)Cn4nnc(C)n4)CC[C@@H]32)C1. The summed E-state index contributed by atoms with van der Waals surface area (Å²) in [6.45, 7) is 4.78. The summed E-state index contributed by atoms with van der Waals surface area (Å²) in [4.78, 5) is 1.58. The van der Waals surface area contributed by atoms with E-state index in [1.165, 1.54) is 38.5 Å². The highest BCUT2D eigenvalue weighted by atomic mass is 16.7. The van der Waals surface area contributed by atoms with Crippen molar-refractivity contribution in [3.8, 4) is 0 Å². The van der Waals surface area contributed by atoms with E-state index in [1.807, 2.05) is 21.1 Å². The standard InChI is InChI=1S/C24H40N4O3/c1-15-25-27-28(26-15)14-22(29)21-8-7-20-19-6-5-16-13-24(30-3,31-4)12-10-17(16)18(19)9-11-23(20,21)2/h16-22,29H,5-14H2,1-4H3/t16-,17-,18+,19+,20-,21+,22?,23-/m0/s1. The molecule has 4 aliphatic carbocycles. The number of methoxy groups -OCH3 is 2. The van der Waals surface area contributed by atoms with Gasteiger partial charge in [-0.25, -0.2) is 0 Å². The molecule has 0 spiro atoms. The molecule has 1 unspecified atom stereocenters. The van der Waals surface area contributed by atoms with Crippen molar-refractivity contribution in [1.29, 1.82) is 0 Å². The van der Waals surface area contributed by atoms with Gasteiger partial charge in [0.25, 0.3) is 0 Å². The second kappa shape index (κ2) is 8.07. The molecule has 174 valence electrons.